The molecule has 1 heterocycles. The molecule has 2 rings (SSSR count). The first-order valence-electron chi connectivity index (χ1n) is 6.68. The van der Waals surface area contributed by atoms with Crippen LogP contribution in [0.3, 0.4) is 0 Å². The summed E-state index contributed by atoms with van der Waals surface area (Å²) in [5.41, 5.74) is 1.71. The predicted molar refractivity (Wildman–Crippen MR) is 81.4 cm³/mol. The fraction of sp³-hybridized carbons (Fsp3) is 0.333. The second-order valence-corrected chi connectivity index (χ2v) is 5.25. The Labute approximate surface area is 123 Å². The number of anilines is 1. The van der Waals surface area contributed by atoms with Gasteiger partial charge in [-0.25, -0.2) is 4.79 Å². The number of urea groups is 1. The Kier molecular flexibility index (Phi) is 4.16. The smallest absolute Gasteiger partial charge is 0.321 e. The fourth-order valence-corrected chi connectivity index (χ4v) is 2.13. The molecule has 1 atom stereocenters. The summed E-state index contributed by atoms with van der Waals surface area (Å²) >= 11 is 0. The molecule has 1 unspecified atom stereocenters. The summed E-state index contributed by atoms with van der Waals surface area (Å²) in [6.45, 7) is 1.73. The second-order valence-electron chi connectivity index (χ2n) is 5.25. The van der Waals surface area contributed by atoms with Gasteiger partial charge in [-0.05, 0) is 23.6 Å². The number of fused-ring (bicyclic) bond motifs is 1. The van der Waals surface area contributed by atoms with E-state index in [1.54, 1.807) is 14.0 Å². The van der Waals surface area contributed by atoms with Crippen molar-refractivity contribution in [2.75, 3.05) is 18.9 Å². The van der Waals surface area contributed by atoms with Gasteiger partial charge >= 0.3 is 12.0 Å². The lowest BCUT2D eigenvalue weighted by Gasteiger charge is -2.20. The molecule has 1 aromatic heterocycles. The molecule has 0 aliphatic rings. The fourth-order valence-electron chi connectivity index (χ4n) is 2.13. The van der Waals surface area contributed by atoms with Crippen LogP contribution in [0, 0.1) is 5.92 Å². The molecule has 0 spiro atoms. The molecule has 21 heavy (non-hydrogen) atoms. The average molecular weight is 289 g/mol. The molecule has 6 heteroatoms. The number of aromatic nitrogens is 1. The van der Waals surface area contributed by atoms with E-state index in [1.807, 2.05) is 42.1 Å². The second kappa shape index (κ2) is 5.87. The van der Waals surface area contributed by atoms with Crippen molar-refractivity contribution < 1.29 is 14.7 Å². The van der Waals surface area contributed by atoms with Gasteiger partial charge in [-0.15, -0.1) is 0 Å². The number of carbonyl (C=O) groups excluding carboxylic acids is 1. The van der Waals surface area contributed by atoms with E-state index in [0.717, 1.165) is 10.9 Å². The molecule has 2 aromatic rings. The molecular formula is C15H19N3O3. The van der Waals surface area contributed by atoms with E-state index in [9.17, 15) is 9.59 Å². The van der Waals surface area contributed by atoms with Crippen LogP contribution in [0.4, 0.5) is 10.5 Å². The standard InChI is InChI=1S/C15H19N3O3/c1-10(14(19)20)9-18(3)15(21)16-12-5-4-11-6-7-17(2)13(11)8-12/h4-8,10H,9H2,1-3H3,(H,16,21)(H,19,20). The van der Waals surface area contributed by atoms with E-state index in [4.69, 9.17) is 5.11 Å². The van der Waals surface area contributed by atoms with Gasteiger partial charge < -0.3 is 19.9 Å². The summed E-state index contributed by atoms with van der Waals surface area (Å²) in [5.74, 6) is -1.52. The number of rotatable bonds is 4. The lowest BCUT2D eigenvalue weighted by Crippen LogP contribution is -2.36. The van der Waals surface area contributed by atoms with E-state index in [-0.39, 0.29) is 12.6 Å². The molecule has 112 valence electrons. The van der Waals surface area contributed by atoms with Gasteiger partial charge in [0.25, 0.3) is 0 Å². The lowest BCUT2D eigenvalue weighted by molar-refractivity contribution is -0.141. The van der Waals surface area contributed by atoms with Crippen LogP contribution in [-0.2, 0) is 11.8 Å². The molecule has 0 bridgehead atoms. The van der Waals surface area contributed by atoms with Crippen molar-refractivity contribution in [3.63, 3.8) is 0 Å². The number of carbonyl (C=O) groups is 2. The number of nitrogens with one attached hydrogen (secondary N) is 1. The van der Waals surface area contributed by atoms with Crippen LogP contribution in [0.1, 0.15) is 6.92 Å². The largest absolute Gasteiger partial charge is 0.481 e. The highest BCUT2D eigenvalue weighted by Gasteiger charge is 2.17. The number of nitrogens with zero attached hydrogens (tertiary/aromatic N) is 2. The van der Waals surface area contributed by atoms with Gasteiger partial charge in [-0.1, -0.05) is 13.0 Å². The third-order valence-corrected chi connectivity index (χ3v) is 3.46. The summed E-state index contributed by atoms with van der Waals surface area (Å²) in [4.78, 5) is 24.2. The Morgan fingerprint density at radius 3 is 2.76 bits per heavy atom. The minimum atomic E-state index is -0.917. The zero-order valence-electron chi connectivity index (χ0n) is 12.3. The SMILES string of the molecule is CC(CN(C)C(=O)Nc1ccc2ccn(C)c2c1)C(=O)O. The van der Waals surface area contributed by atoms with Gasteiger partial charge in [0.2, 0.25) is 0 Å². The first-order chi connectivity index (χ1) is 9.88. The zero-order valence-corrected chi connectivity index (χ0v) is 12.3. The van der Waals surface area contributed by atoms with Crippen LogP contribution in [0.15, 0.2) is 30.5 Å². The number of aliphatic carboxylic acids is 1. The van der Waals surface area contributed by atoms with Gasteiger partial charge in [-0.2, -0.15) is 0 Å². The third kappa shape index (κ3) is 3.34. The minimum absolute atomic E-state index is 0.160. The van der Waals surface area contributed by atoms with Crippen molar-refractivity contribution >= 4 is 28.6 Å². The number of carboxylic acid groups (broad SMARTS) is 1. The molecule has 0 aliphatic carbocycles. The van der Waals surface area contributed by atoms with Crippen LogP contribution >= 0.6 is 0 Å². The summed E-state index contributed by atoms with van der Waals surface area (Å²) in [6.07, 6.45) is 1.96. The van der Waals surface area contributed by atoms with Crippen molar-refractivity contribution in [2.45, 2.75) is 6.92 Å². The van der Waals surface area contributed by atoms with Crippen LogP contribution < -0.4 is 5.32 Å². The van der Waals surface area contributed by atoms with Gasteiger partial charge in [0.1, 0.15) is 0 Å². The Balaban J connectivity index is 2.06. The van der Waals surface area contributed by atoms with E-state index >= 15 is 0 Å². The van der Waals surface area contributed by atoms with E-state index in [1.165, 1.54) is 4.90 Å². The summed E-state index contributed by atoms with van der Waals surface area (Å²) in [5, 5.41) is 12.7. The van der Waals surface area contributed by atoms with Gasteiger partial charge in [0.05, 0.1) is 5.92 Å². The Hall–Kier alpha value is -2.50. The topological polar surface area (TPSA) is 74.6 Å². The number of aryl methyl sites for hydroxylation is 1. The highest BCUT2D eigenvalue weighted by atomic mass is 16.4. The summed E-state index contributed by atoms with van der Waals surface area (Å²) < 4.78 is 1.97. The molecule has 6 nitrogen and oxygen atoms in total. The van der Waals surface area contributed by atoms with Crippen molar-refractivity contribution in [2.24, 2.45) is 13.0 Å². The minimum Gasteiger partial charge on any atom is -0.481 e. The summed E-state index contributed by atoms with van der Waals surface area (Å²) in [6, 6.07) is 7.33. The monoisotopic (exact) mass is 289 g/mol. The van der Waals surface area contributed by atoms with Crippen LogP contribution in [0.5, 0.6) is 0 Å². The zero-order chi connectivity index (χ0) is 15.6. The van der Waals surface area contributed by atoms with Gasteiger partial charge in [-0.3, -0.25) is 4.79 Å². The molecule has 1 aromatic carbocycles. The molecule has 0 radical (unpaired) electrons. The van der Waals surface area contributed by atoms with Gasteiger partial charge in [0.15, 0.2) is 0 Å². The Morgan fingerprint density at radius 2 is 2.10 bits per heavy atom. The maximum Gasteiger partial charge on any atom is 0.321 e. The molecule has 0 saturated heterocycles. The number of benzene rings is 1. The maximum absolute atomic E-state index is 12.0. The number of hydrogen-bond acceptors (Lipinski definition) is 2. The quantitative estimate of drug-likeness (QED) is 0.907. The molecule has 0 fully saturated rings. The average Bonchev–Trinajstić information content (AvgIpc) is 2.80. The maximum atomic E-state index is 12.0. The molecule has 2 N–H and O–H groups in total. The number of carboxylic acids is 1. The van der Waals surface area contributed by atoms with Crippen molar-refractivity contribution in [3.8, 4) is 0 Å². The summed E-state index contributed by atoms with van der Waals surface area (Å²) in [7, 11) is 3.52. The van der Waals surface area contributed by atoms with E-state index < -0.39 is 11.9 Å². The molecule has 2 amide bonds. The third-order valence-electron chi connectivity index (χ3n) is 3.46. The first-order valence-corrected chi connectivity index (χ1v) is 6.68. The molecule has 0 saturated carbocycles. The lowest BCUT2D eigenvalue weighted by atomic mass is 10.2. The van der Waals surface area contributed by atoms with Crippen LogP contribution in [0.25, 0.3) is 10.9 Å². The van der Waals surface area contributed by atoms with E-state index in [0.29, 0.717) is 5.69 Å². The van der Waals surface area contributed by atoms with Crippen LogP contribution in [0.2, 0.25) is 0 Å². The number of hydrogen-bond donors (Lipinski definition) is 2. The first kappa shape index (κ1) is 14.9. The highest BCUT2D eigenvalue weighted by molar-refractivity contribution is 5.92. The Morgan fingerprint density at radius 1 is 1.38 bits per heavy atom. The van der Waals surface area contributed by atoms with Crippen molar-refractivity contribution in [3.05, 3.63) is 30.5 Å². The van der Waals surface area contributed by atoms with Crippen molar-refractivity contribution in [1.82, 2.24) is 9.47 Å². The molecular weight excluding hydrogens is 270 g/mol. The van der Waals surface area contributed by atoms with Crippen LogP contribution in [-0.4, -0.2) is 40.2 Å². The van der Waals surface area contributed by atoms with Crippen molar-refractivity contribution in [1.29, 1.82) is 0 Å². The highest BCUT2D eigenvalue weighted by Crippen LogP contribution is 2.19. The predicted octanol–water partition coefficient (Wildman–Crippen LogP) is 2.36. The molecule has 0 aliphatic heterocycles. The van der Waals surface area contributed by atoms with E-state index in [2.05, 4.69) is 5.32 Å². The normalized spacial score (nSPS) is 12.1. The Bertz CT molecular complexity index is 678. The van der Waals surface area contributed by atoms with Gasteiger partial charge in [0, 0.05) is 38.0 Å². The number of amides is 2.